The number of aliphatic hydroxyl groups excluding tert-OH is 1. The van der Waals surface area contributed by atoms with E-state index in [0.717, 1.165) is 0 Å². The van der Waals surface area contributed by atoms with Gasteiger partial charge in [-0.25, -0.2) is 4.79 Å². The van der Waals surface area contributed by atoms with Gasteiger partial charge in [-0.3, -0.25) is 10.1 Å². The largest absolute Gasteiger partial charge is 0.387 e. The number of hydrogen-bond acceptors (Lipinski definition) is 5. The fraction of sp³-hybridized carbons (Fsp3) is 0.500. The van der Waals surface area contributed by atoms with Gasteiger partial charge in [0.15, 0.2) is 5.72 Å². The SMILES string of the molecule is CC(C)(C)OC1(NC(N)=O)c2cc([N+](=O)[O-])ccc2CC1O. The van der Waals surface area contributed by atoms with Crippen LogP contribution < -0.4 is 11.1 Å². The third-order valence-electron chi connectivity index (χ3n) is 3.36. The summed E-state index contributed by atoms with van der Waals surface area (Å²) < 4.78 is 5.89. The second-order valence-corrected chi connectivity index (χ2v) is 6.26. The fourth-order valence-electron chi connectivity index (χ4n) is 2.70. The number of ether oxygens (including phenoxy) is 1. The first-order valence-electron chi connectivity index (χ1n) is 6.79. The van der Waals surface area contributed by atoms with Crippen LogP contribution in [0, 0.1) is 10.1 Å². The molecule has 120 valence electrons. The molecule has 22 heavy (non-hydrogen) atoms. The number of non-ortho nitro benzene ring substituents is 1. The van der Waals surface area contributed by atoms with Crippen molar-refractivity contribution in [2.75, 3.05) is 0 Å². The molecule has 0 heterocycles. The fourth-order valence-corrected chi connectivity index (χ4v) is 2.70. The first-order chi connectivity index (χ1) is 10.0. The van der Waals surface area contributed by atoms with E-state index in [1.54, 1.807) is 26.8 Å². The molecule has 1 aliphatic carbocycles. The smallest absolute Gasteiger partial charge is 0.314 e. The van der Waals surface area contributed by atoms with Crippen molar-refractivity contribution in [2.24, 2.45) is 5.73 Å². The lowest BCUT2D eigenvalue weighted by Crippen LogP contribution is -2.58. The number of nitro benzene ring substituents is 1. The lowest BCUT2D eigenvalue weighted by Gasteiger charge is -2.39. The van der Waals surface area contributed by atoms with E-state index in [9.17, 15) is 20.0 Å². The molecule has 2 unspecified atom stereocenters. The van der Waals surface area contributed by atoms with Crippen molar-refractivity contribution in [3.63, 3.8) is 0 Å². The van der Waals surface area contributed by atoms with Gasteiger partial charge in [-0.2, -0.15) is 0 Å². The number of primary amides is 1. The van der Waals surface area contributed by atoms with Crippen molar-refractivity contribution < 1.29 is 19.6 Å². The van der Waals surface area contributed by atoms with E-state index in [1.165, 1.54) is 12.1 Å². The number of urea groups is 1. The summed E-state index contributed by atoms with van der Waals surface area (Å²) in [7, 11) is 0. The van der Waals surface area contributed by atoms with Crippen LogP contribution in [0.3, 0.4) is 0 Å². The van der Waals surface area contributed by atoms with Gasteiger partial charge in [0, 0.05) is 24.1 Å². The molecule has 2 atom stereocenters. The molecule has 0 saturated carbocycles. The second-order valence-electron chi connectivity index (χ2n) is 6.26. The highest BCUT2D eigenvalue weighted by molar-refractivity contribution is 5.73. The van der Waals surface area contributed by atoms with Gasteiger partial charge < -0.3 is 20.9 Å². The van der Waals surface area contributed by atoms with Crippen LogP contribution in [0.4, 0.5) is 10.5 Å². The van der Waals surface area contributed by atoms with Crippen LogP contribution >= 0.6 is 0 Å². The summed E-state index contributed by atoms with van der Waals surface area (Å²) in [5, 5.41) is 23.9. The molecule has 0 saturated heterocycles. The van der Waals surface area contributed by atoms with Gasteiger partial charge in [-0.05, 0) is 26.3 Å². The number of carbonyl (C=O) groups excluding carboxylic acids is 1. The predicted octanol–water partition coefficient (Wildman–Crippen LogP) is 1.15. The van der Waals surface area contributed by atoms with Crippen LogP contribution in [0.15, 0.2) is 18.2 Å². The first-order valence-corrected chi connectivity index (χ1v) is 6.79. The average Bonchev–Trinajstić information content (AvgIpc) is 2.59. The Morgan fingerprint density at radius 3 is 2.68 bits per heavy atom. The average molecular weight is 309 g/mol. The van der Waals surface area contributed by atoms with Gasteiger partial charge in [0.05, 0.1) is 10.5 Å². The van der Waals surface area contributed by atoms with Crippen molar-refractivity contribution in [3.8, 4) is 0 Å². The molecule has 0 aliphatic heterocycles. The Kier molecular flexibility index (Phi) is 3.84. The third kappa shape index (κ3) is 2.88. The Morgan fingerprint density at radius 1 is 1.55 bits per heavy atom. The minimum atomic E-state index is -1.61. The summed E-state index contributed by atoms with van der Waals surface area (Å²) in [5.74, 6) is 0. The molecule has 4 N–H and O–H groups in total. The summed E-state index contributed by atoms with van der Waals surface area (Å²) in [6, 6.07) is 3.31. The highest BCUT2D eigenvalue weighted by Crippen LogP contribution is 2.42. The zero-order valence-electron chi connectivity index (χ0n) is 12.6. The number of carbonyl (C=O) groups is 1. The Morgan fingerprint density at radius 2 is 2.18 bits per heavy atom. The van der Waals surface area contributed by atoms with Crippen LogP contribution in [0.1, 0.15) is 31.9 Å². The van der Waals surface area contributed by atoms with Gasteiger partial charge in [0.1, 0.15) is 6.10 Å². The number of nitrogens with two attached hydrogens (primary N) is 1. The molecule has 2 amide bonds. The highest BCUT2D eigenvalue weighted by Gasteiger charge is 2.51. The zero-order chi connectivity index (χ0) is 16.7. The second kappa shape index (κ2) is 5.22. The maximum absolute atomic E-state index is 11.4. The van der Waals surface area contributed by atoms with Crippen LogP contribution in [-0.4, -0.2) is 27.8 Å². The minimum Gasteiger partial charge on any atom is -0.387 e. The standard InChI is InChI=1S/C14H19N3O5/c1-13(2,3)22-14(16-12(15)19)10-7-9(17(20)21)5-4-8(10)6-11(14)18/h4-5,7,11,18H,6H2,1-3H3,(H3,15,16,19). The zero-order valence-corrected chi connectivity index (χ0v) is 12.6. The van der Waals surface area contributed by atoms with Gasteiger partial charge in [0.2, 0.25) is 0 Å². The molecule has 0 fully saturated rings. The van der Waals surface area contributed by atoms with Crippen LogP contribution in [0.25, 0.3) is 0 Å². The number of nitro groups is 1. The minimum absolute atomic E-state index is 0.152. The van der Waals surface area contributed by atoms with E-state index < -0.39 is 28.4 Å². The Hall–Kier alpha value is -2.19. The van der Waals surface area contributed by atoms with Crippen molar-refractivity contribution >= 4 is 11.7 Å². The van der Waals surface area contributed by atoms with Crippen molar-refractivity contribution in [1.82, 2.24) is 5.32 Å². The Balaban J connectivity index is 2.61. The van der Waals surface area contributed by atoms with E-state index in [-0.39, 0.29) is 12.1 Å². The number of amides is 2. The maximum atomic E-state index is 11.4. The van der Waals surface area contributed by atoms with Gasteiger partial charge in [-0.1, -0.05) is 6.07 Å². The number of nitrogens with zero attached hydrogens (tertiary/aromatic N) is 1. The molecule has 1 aromatic carbocycles. The molecular formula is C14H19N3O5. The number of benzene rings is 1. The number of aliphatic hydroxyl groups is 1. The van der Waals surface area contributed by atoms with Crippen LogP contribution in [-0.2, 0) is 16.9 Å². The van der Waals surface area contributed by atoms with E-state index in [0.29, 0.717) is 11.1 Å². The highest BCUT2D eigenvalue weighted by atomic mass is 16.6. The van der Waals surface area contributed by atoms with Crippen molar-refractivity contribution in [1.29, 1.82) is 0 Å². The van der Waals surface area contributed by atoms with Gasteiger partial charge in [0.25, 0.3) is 5.69 Å². The van der Waals surface area contributed by atoms with Crippen molar-refractivity contribution in [3.05, 3.63) is 39.4 Å². The Labute approximate surface area is 127 Å². The van der Waals surface area contributed by atoms with Gasteiger partial charge >= 0.3 is 6.03 Å². The molecule has 0 aromatic heterocycles. The molecule has 8 nitrogen and oxygen atoms in total. The summed E-state index contributed by atoms with van der Waals surface area (Å²) in [5.41, 5.74) is 3.75. The Bertz CT molecular complexity index is 625. The number of rotatable bonds is 3. The van der Waals surface area contributed by atoms with Gasteiger partial charge in [-0.15, -0.1) is 0 Å². The summed E-state index contributed by atoms with van der Waals surface area (Å²) in [4.78, 5) is 21.9. The lowest BCUT2D eigenvalue weighted by atomic mass is 10.0. The van der Waals surface area contributed by atoms with E-state index >= 15 is 0 Å². The van der Waals surface area contributed by atoms with Crippen molar-refractivity contribution in [2.45, 2.75) is 44.6 Å². The molecule has 8 heteroatoms. The first kappa shape index (κ1) is 16.2. The number of nitrogens with one attached hydrogen (secondary N) is 1. The molecule has 0 spiro atoms. The summed E-state index contributed by atoms with van der Waals surface area (Å²) in [6.07, 6.45) is -0.903. The summed E-state index contributed by atoms with van der Waals surface area (Å²) in [6.45, 7) is 5.25. The topological polar surface area (TPSA) is 128 Å². The monoisotopic (exact) mass is 309 g/mol. The normalized spacial score (nSPS) is 23.9. The summed E-state index contributed by atoms with van der Waals surface area (Å²) >= 11 is 0. The number of hydrogen-bond donors (Lipinski definition) is 3. The van der Waals surface area contributed by atoms with Crippen LogP contribution in [0.5, 0.6) is 0 Å². The molecule has 0 radical (unpaired) electrons. The van der Waals surface area contributed by atoms with E-state index in [1.807, 2.05) is 0 Å². The lowest BCUT2D eigenvalue weighted by molar-refractivity contribution is -0.385. The maximum Gasteiger partial charge on any atom is 0.314 e. The number of fused-ring (bicyclic) bond motifs is 1. The van der Waals surface area contributed by atoms with E-state index in [4.69, 9.17) is 10.5 Å². The molecule has 1 aromatic rings. The van der Waals surface area contributed by atoms with E-state index in [2.05, 4.69) is 5.32 Å². The molecule has 1 aliphatic rings. The van der Waals surface area contributed by atoms with Crippen LogP contribution in [0.2, 0.25) is 0 Å². The molecule has 2 rings (SSSR count). The quantitative estimate of drug-likeness (QED) is 0.438. The molecular weight excluding hydrogens is 290 g/mol. The predicted molar refractivity (Wildman–Crippen MR) is 78.0 cm³/mol. The molecule has 0 bridgehead atoms. The third-order valence-corrected chi connectivity index (χ3v) is 3.36.